The van der Waals surface area contributed by atoms with E-state index < -0.39 is 14.4 Å². The third-order valence-electron chi connectivity index (χ3n) is 3.05. The van der Waals surface area contributed by atoms with Gasteiger partial charge in [0.2, 0.25) is 0 Å². The Labute approximate surface area is 94.8 Å². The van der Waals surface area contributed by atoms with Crippen molar-refractivity contribution in [1.82, 2.24) is 0 Å². The van der Waals surface area contributed by atoms with Crippen molar-refractivity contribution in [2.45, 2.75) is 51.1 Å². The van der Waals surface area contributed by atoms with Crippen LogP contribution in [0.5, 0.6) is 0 Å². The topological polar surface area (TPSA) is 29.5 Å². The molecule has 1 N–H and O–H groups in total. The van der Waals surface area contributed by atoms with Crippen LogP contribution in [0.4, 0.5) is 0 Å². The minimum absolute atomic E-state index is 0.134. The molecule has 0 aromatic rings. The van der Waals surface area contributed by atoms with Crippen LogP contribution in [0.25, 0.3) is 0 Å². The molecule has 0 fully saturated rings. The van der Waals surface area contributed by atoms with Gasteiger partial charge in [0.15, 0.2) is 8.32 Å². The zero-order valence-corrected chi connectivity index (χ0v) is 11.6. The van der Waals surface area contributed by atoms with Crippen LogP contribution in [0.2, 0.25) is 18.1 Å². The Hall–Kier alpha value is -0.383. The summed E-state index contributed by atoms with van der Waals surface area (Å²) in [6, 6.07) is 0. The van der Waals surface area contributed by atoms with Crippen LogP contribution in [0, 0.1) is 0 Å². The van der Waals surface area contributed by atoms with Gasteiger partial charge in [-0.15, -0.1) is 13.2 Å². The van der Waals surface area contributed by atoms with Crippen molar-refractivity contribution >= 4 is 8.32 Å². The molecule has 2 nitrogen and oxygen atoms in total. The number of aliphatic hydroxyl groups is 1. The molecule has 0 aliphatic carbocycles. The van der Waals surface area contributed by atoms with Crippen LogP contribution >= 0.6 is 0 Å². The predicted molar refractivity (Wildman–Crippen MR) is 68.5 cm³/mol. The van der Waals surface area contributed by atoms with E-state index in [1.165, 1.54) is 6.08 Å². The van der Waals surface area contributed by atoms with E-state index in [2.05, 4.69) is 47.0 Å². The average Bonchev–Trinajstić information content (AvgIpc) is 2.11. The molecular formula is C12H24O2Si. The van der Waals surface area contributed by atoms with E-state index >= 15 is 0 Å². The summed E-state index contributed by atoms with van der Waals surface area (Å²) in [6.45, 7) is 18.0. The Morgan fingerprint density at radius 2 is 1.67 bits per heavy atom. The smallest absolute Gasteiger partial charge is 0.193 e. The van der Waals surface area contributed by atoms with E-state index in [0.29, 0.717) is 0 Å². The van der Waals surface area contributed by atoms with Gasteiger partial charge in [-0.1, -0.05) is 32.9 Å². The van der Waals surface area contributed by atoms with Crippen LogP contribution in [-0.4, -0.2) is 25.6 Å². The Morgan fingerprint density at radius 1 is 1.20 bits per heavy atom. The number of aliphatic hydroxyl groups excluding tert-OH is 1. The van der Waals surface area contributed by atoms with Gasteiger partial charge in [0.25, 0.3) is 0 Å². The van der Waals surface area contributed by atoms with Gasteiger partial charge in [-0.3, -0.25) is 0 Å². The van der Waals surface area contributed by atoms with Crippen molar-refractivity contribution in [2.75, 3.05) is 0 Å². The molecule has 0 heterocycles. The molecule has 0 saturated carbocycles. The van der Waals surface area contributed by atoms with Crippen molar-refractivity contribution in [1.29, 1.82) is 0 Å². The second-order valence-corrected chi connectivity index (χ2v) is 10.1. The van der Waals surface area contributed by atoms with E-state index in [1.54, 1.807) is 6.08 Å². The molecular weight excluding hydrogens is 204 g/mol. The predicted octanol–water partition coefficient (Wildman–Crippen LogP) is 3.11. The molecule has 0 radical (unpaired) electrons. The van der Waals surface area contributed by atoms with Gasteiger partial charge in [-0.2, -0.15) is 0 Å². The standard InChI is InChI=1S/C12H24O2Si/c1-8-10(13)11(9-2)14-15(6,7)12(3,4)5/h8-11,13H,1-2H2,3-7H3/t10-,11-/m1/s1. The molecule has 0 aromatic carbocycles. The molecule has 0 bridgehead atoms. The first-order chi connectivity index (χ1) is 6.65. The van der Waals surface area contributed by atoms with E-state index in [-0.39, 0.29) is 11.1 Å². The third-order valence-corrected chi connectivity index (χ3v) is 7.52. The summed E-state index contributed by atoms with van der Waals surface area (Å²) >= 11 is 0. The summed E-state index contributed by atoms with van der Waals surface area (Å²) in [5.41, 5.74) is 0. The first-order valence-electron chi connectivity index (χ1n) is 5.26. The van der Waals surface area contributed by atoms with E-state index in [4.69, 9.17) is 4.43 Å². The Bertz CT molecular complexity index is 228. The van der Waals surface area contributed by atoms with Gasteiger partial charge in [-0.25, -0.2) is 0 Å². The molecule has 3 heteroatoms. The SMILES string of the molecule is C=C[C@@H](O)[C@@H](C=C)O[Si](C)(C)C(C)(C)C. The van der Waals surface area contributed by atoms with Crippen molar-refractivity contribution in [3.8, 4) is 0 Å². The highest BCUT2D eigenvalue weighted by Crippen LogP contribution is 2.37. The van der Waals surface area contributed by atoms with Crippen LogP contribution in [-0.2, 0) is 4.43 Å². The zero-order valence-electron chi connectivity index (χ0n) is 10.6. The van der Waals surface area contributed by atoms with Crippen LogP contribution in [0.1, 0.15) is 20.8 Å². The third kappa shape index (κ3) is 3.93. The summed E-state index contributed by atoms with van der Waals surface area (Å²) in [6.07, 6.45) is 2.12. The van der Waals surface area contributed by atoms with Gasteiger partial charge >= 0.3 is 0 Å². The minimum atomic E-state index is -1.85. The highest BCUT2D eigenvalue weighted by atomic mass is 28.4. The number of hydrogen-bond acceptors (Lipinski definition) is 2. The van der Waals surface area contributed by atoms with Gasteiger partial charge < -0.3 is 9.53 Å². The normalized spacial score (nSPS) is 16.9. The van der Waals surface area contributed by atoms with Crippen molar-refractivity contribution in [3.63, 3.8) is 0 Å². The largest absolute Gasteiger partial charge is 0.408 e. The number of rotatable bonds is 5. The maximum Gasteiger partial charge on any atom is 0.193 e. The molecule has 0 amide bonds. The molecule has 0 aliphatic rings. The molecule has 0 spiro atoms. The fraction of sp³-hybridized carbons (Fsp3) is 0.667. The lowest BCUT2D eigenvalue weighted by Crippen LogP contribution is -2.46. The van der Waals surface area contributed by atoms with Crippen LogP contribution in [0.3, 0.4) is 0 Å². The quantitative estimate of drug-likeness (QED) is 0.579. The Balaban J connectivity index is 4.68. The molecule has 15 heavy (non-hydrogen) atoms. The molecule has 0 rings (SSSR count). The van der Waals surface area contributed by atoms with E-state index in [1.807, 2.05) is 0 Å². The molecule has 0 unspecified atom stereocenters. The highest BCUT2D eigenvalue weighted by Gasteiger charge is 2.39. The highest BCUT2D eigenvalue weighted by molar-refractivity contribution is 6.74. The van der Waals surface area contributed by atoms with E-state index in [9.17, 15) is 5.11 Å². The first-order valence-corrected chi connectivity index (χ1v) is 8.17. The Kier molecular flexibility index (Phi) is 4.97. The second kappa shape index (κ2) is 5.10. The summed E-state index contributed by atoms with van der Waals surface area (Å²) in [5, 5.41) is 9.79. The number of hydrogen-bond donors (Lipinski definition) is 1. The lowest BCUT2D eigenvalue weighted by molar-refractivity contribution is 0.0879. The Morgan fingerprint density at radius 3 is 1.93 bits per heavy atom. The molecule has 0 aliphatic heterocycles. The van der Waals surface area contributed by atoms with Crippen molar-refractivity contribution < 1.29 is 9.53 Å². The summed E-state index contributed by atoms with van der Waals surface area (Å²) in [4.78, 5) is 0. The van der Waals surface area contributed by atoms with Gasteiger partial charge in [0.05, 0.1) is 6.10 Å². The summed E-state index contributed by atoms with van der Waals surface area (Å²) in [7, 11) is -1.85. The molecule has 2 atom stereocenters. The minimum Gasteiger partial charge on any atom is -0.408 e. The molecule has 88 valence electrons. The fourth-order valence-corrected chi connectivity index (χ4v) is 2.18. The second-order valence-electron chi connectivity index (χ2n) is 5.30. The maximum atomic E-state index is 9.65. The molecule has 0 aromatic heterocycles. The summed E-state index contributed by atoms with van der Waals surface area (Å²) in [5.74, 6) is 0. The fourth-order valence-electron chi connectivity index (χ4n) is 0.908. The van der Waals surface area contributed by atoms with Crippen molar-refractivity contribution in [3.05, 3.63) is 25.3 Å². The maximum absolute atomic E-state index is 9.65. The van der Waals surface area contributed by atoms with Gasteiger partial charge in [0.1, 0.15) is 6.10 Å². The van der Waals surface area contributed by atoms with Crippen LogP contribution in [0.15, 0.2) is 25.3 Å². The first kappa shape index (κ1) is 14.6. The van der Waals surface area contributed by atoms with Crippen molar-refractivity contribution in [2.24, 2.45) is 0 Å². The molecule has 0 saturated heterocycles. The van der Waals surface area contributed by atoms with Gasteiger partial charge in [0, 0.05) is 0 Å². The monoisotopic (exact) mass is 228 g/mol. The lowest BCUT2D eigenvalue weighted by Gasteiger charge is -2.39. The van der Waals surface area contributed by atoms with Gasteiger partial charge in [-0.05, 0) is 18.1 Å². The zero-order chi connectivity index (χ0) is 12.3. The van der Waals surface area contributed by atoms with Crippen LogP contribution < -0.4 is 0 Å². The summed E-state index contributed by atoms with van der Waals surface area (Å²) < 4.78 is 6.00. The lowest BCUT2D eigenvalue weighted by atomic mass is 10.2. The van der Waals surface area contributed by atoms with E-state index in [0.717, 1.165) is 0 Å². The average molecular weight is 228 g/mol.